The molecule has 0 atom stereocenters. The van der Waals surface area contributed by atoms with E-state index in [1.165, 1.54) is 0 Å². The molecule has 0 spiro atoms. The summed E-state index contributed by atoms with van der Waals surface area (Å²) in [5, 5.41) is 2.88. The molecular weight excluding hydrogens is 368 g/mol. The largest absolute Gasteiger partial charge is 0.497 e. The molecule has 7 heteroatoms. The van der Waals surface area contributed by atoms with Gasteiger partial charge in [-0.25, -0.2) is 9.97 Å². The van der Waals surface area contributed by atoms with E-state index in [1.807, 2.05) is 18.2 Å². The number of ether oxygens (including phenoxy) is 2. The first kappa shape index (κ1) is 18.9. The number of methoxy groups -OCH3 is 1. The van der Waals surface area contributed by atoms with Gasteiger partial charge in [0.05, 0.1) is 26.0 Å². The van der Waals surface area contributed by atoms with Gasteiger partial charge in [-0.05, 0) is 36.4 Å². The number of carbonyl (C=O) groups is 1. The van der Waals surface area contributed by atoms with Crippen molar-refractivity contribution in [1.29, 1.82) is 0 Å². The molecule has 1 N–H and O–H groups in total. The SMILES string of the molecule is COc1ccc(NC(=O)c2ccc(-c3cc(N4CCOCC4)ncn3)cc2)cc1. The first-order valence-corrected chi connectivity index (χ1v) is 9.43. The van der Waals surface area contributed by atoms with Gasteiger partial charge in [0.25, 0.3) is 5.91 Å². The molecule has 2 heterocycles. The van der Waals surface area contributed by atoms with Crippen LogP contribution >= 0.6 is 0 Å². The minimum atomic E-state index is -0.168. The molecule has 2 aromatic carbocycles. The summed E-state index contributed by atoms with van der Waals surface area (Å²) >= 11 is 0. The molecule has 3 aromatic rings. The first-order chi connectivity index (χ1) is 14.2. The minimum absolute atomic E-state index is 0.168. The van der Waals surface area contributed by atoms with Crippen molar-refractivity contribution in [3.05, 3.63) is 66.5 Å². The number of hydrogen-bond acceptors (Lipinski definition) is 6. The Morgan fingerprint density at radius 3 is 2.45 bits per heavy atom. The molecular formula is C22H22N4O3. The topological polar surface area (TPSA) is 76.6 Å². The lowest BCUT2D eigenvalue weighted by Gasteiger charge is -2.27. The third kappa shape index (κ3) is 4.52. The zero-order valence-electron chi connectivity index (χ0n) is 16.2. The molecule has 1 fully saturated rings. The predicted molar refractivity (Wildman–Crippen MR) is 111 cm³/mol. The Balaban J connectivity index is 1.46. The van der Waals surface area contributed by atoms with E-state index in [9.17, 15) is 4.79 Å². The van der Waals surface area contributed by atoms with Crippen molar-refractivity contribution in [3.8, 4) is 17.0 Å². The van der Waals surface area contributed by atoms with Gasteiger partial charge in [-0.2, -0.15) is 0 Å². The molecule has 1 aromatic heterocycles. The minimum Gasteiger partial charge on any atom is -0.497 e. The predicted octanol–water partition coefficient (Wildman–Crippen LogP) is 3.24. The smallest absolute Gasteiger partial charge is 0.255 e. The van der Waals surface area contributed by atoms with Gasteiger partial charge in [0.2, 0.25) is 0 Å². The summed E-state index contributed by atoms with van der Waals surface area (Å²) in [6.45, 7) is 3.05. The van der Waals surface area contributed by atoms with Crippen LogP contribution in [0.25, 0.3) is 11.3 Å². The molecule has 148 valence electrons. The molecule has 0 unspecified atom stereocenters. The van der Waals surface area contributed by atoms with E-state index in [0.717, 1.165) is 35.9 Å². The van der Waals surface area contributed by atoms with Crippen molar-refractivity contribution < 1.29 is 14.3 Å². The summed E-state index contributed by atoms with van der Waals surface area (Å²) < 4.78 is 10.5. The average molecular weight is 390 g/mol. The van der Waals surface area contributed by atoms with Crippen molar-refractivity contribution in [2.24, 2.45) is 0 Å². The Bertz CT molecular complexity index is 968. The highest BCUT2D eigenvalue weighted by Crippen LogP contribution is 2.22. The fourth-order valence-electron chi connectivity index (χ4n) is 3.14. The average Bonchev–Trinajstić information content (AvgIpc) is 2.80. The molecule has 1 amide bonds. The Morgan fingerprint density at radius 2 is 1.76 bits per heavy atom. The number of carbonyl (C=O) groups excluding carboxylic acids is 1. The molecule has 7 nitrogen and oxygen atoms in total. The maximum absolute atomic E-state index is 12.5. The van der Waals surface area contributed by atoms with Crippen LogP contribution in [0.3, 0.4) is 0 Å². The zero-order valence-corrected chi connectivity index (χ0v) is 16.2. The molecule has 1 aliphatic heterocycles. The van der Waals surface area contributed by atoms with E-state index >= 15 is 0 Å². The van der Waals surface area contributed by atoms with Gasteiger partial charge in [-0.3, -0.25) is 4.79 Å². The molecule has 0 radical (unpaired) electrons. The normalized spacial score (nSPS) is 13.8. The number of amides is 1. The summed E-state index contributed by atoms with van der Waals surface area (Å²) in [6, 6.07) is 16.6. The van der Waals surface area contributed by atoms with Gasteiger partial charge in [0.1, 0.15) is 17.9 Å². The van der Waals surface area contributed by atoms with E-state index in [4.69, 9.17) is 9.47 Å². The third-order valence-corrected chi connectivity index (χ3v) is 4.78. The number of hydrogen-bond donors (Lipinski definition) is 1. The quantitative estimate of drug-likeness (QED) is 0.721. The van der Waals surface area contributed by atoms with Crippen LogP contribution in [0.15, 0.2) is 60.9 Å². The van der Waals surface area contributed by atoms with Crippen molar-refractivity contribution in [1.82, 2.24) is 9.97 Å². The number of aromatic nitrogens is 2. The molecule has 29 heavy (non-hydrogen) atoms. The lowest BCUT2D eigenvalue weighted by atomic mass is 10.1. The van der Waals surface area contributed by atoms with Gasteiger partial charge in [-0.1, -0.05) is 12.1 Å². The summed E-state index contributed by atoms with van der Waals surface area (Å²) in [5.41, 5.74) is 3.05. The molecule has 1 saturated heterocycles. The van der Waals surface area contributed by atoms with Gasteiger partial charge < -0.3 is 19.7 Å². The van der Waals surface area contributed by atoms with Crippen LogP contribution in [-0.2, 0) is 4.74 Å². The van der Waals surface area contributed by atoms with Crippen molar-refractivity contribution in [3.63, 3.8) is 0 Å². The summed E-state index contributed by atoms with van der Waals surface area (Å²) in [4.78, 5) is 23.4. The lowest BCUT2D eigenvalue weighted by Crippen LogP contribution is -2.36. The van der Waals surface area contributed by atoms with Crippen molar-refractivity contribution in [2.45, 2.75) is 0 Å². The summed E-state index contributed by atoms with van der Waals surface area (Å²) in [6.07, 6.45) is 1.57. The zero-order chi connectivity index (χ0) is 20.1. The number of benzene rings is 2. The highest BCUT2D eigenvalue weighted by Gasteiger charge is 2.14. The molecule has 4 rings (SSSR count). The van der Waals surface area contributed by atoms with E-state index in [1.54, 1.807) is 49.8 Å². The first-order valence-electron chi connectivity index (χ1n) is 9.43. The van der Waals surface area contributed by atoms with Gasteiger partial charge in [-0.15, -0.1) is 0 Å². The van der Waals surface area contributed by atoms with Gasteiger partial charge in [0.15, 0.2) is 0 Å². The van der Waals surface area contributed by atoms with E-state index in [0.29, 0.717) is 24.5 Å². The van der Waals surface area contributed by atoms with Crippen molar-refractivity contribution in [2.75, 3.05) is 43.6 Å². The van der Waals surface area contributed by atoms with Crippen LogP contribution in [0.4, 0.5) is 11.5 Å². The number of morpholine rings is 1. The second-order valence-corrected chi connectivity index (χ2v) is 6.62. The second kappa shape index (κ2) is 8.70. The standard InChI is InChI=1S/C22H22N4O3/c1-28-19-8-6-18(7-9-19)25-22(27)17-4-2-16(3-5-17)20-14-21(24-15-23-20)26-10-12-29-13-11-26/h2-9,14-15H,10-13H2,1H3,(H,25,27). The highest BCUT2D eigenvalue weighted by molar-refractivity contribution is 6.04. The van der Waals surface area contributed by atoms with Crippen LogP contribution in [0.1, 0.15) is 10.4 Å². The Kier molecular flexibility index (Phi) is 5.67. The third-order valence-electron chi connectivity index (χ3n) is 4.78. The van der Waals surface area contributed by atoms with Crippen LogP contribution in [0, 0.1) is 0 Å². The van der Waals surface area contributed by atoms with Crippen LogP contribution < -0.4 is 15.0 Å². The monoisotopic (exact) mass is 390 g/mol. The van der Waals surface area contributed by atoms with E-state index in [2.05, 4.69) is 20.2 Å². The van der Waals surface area contributed by atoms with Crippen molar-refractivity contribution >= 4 is 17.4 Å². The van der Waals surface area contributed by atoms with Gasteiger partial charge in [0, 0.05) is 36.0 Å². The molecule has 1 aliphatic rings. The maximum Gasteiger partial charge on any atom is 0.255 e. The Labute approximate surface area is 169 Å². The molecule has 0 bridgehead atoms. The van der Waals surface area contributed by atoms with Gasteiger partial charge >= 0.3 is 0 Å². The van der Waals surface area contributed by atoms with Crippen LogP contribution in [0.5, 0.6) is 5.75 Å². The molecule has 0 saturated carbocycles. The summed E-state index contributed by atoms with van der Waals surface area (Å²) in [5.74, 6) is 1.46. The number of anilines is 2. The number of rotatable bonds is 5. The fourth-order valence-corrected chi connectivity index (χ4v) is 3.14. The number of nitrogens with one attached hydrogen (secondary N) is 1. The summed E-state index contributed by atoms with van der Waals surface area (Å²) in [7, 11) is 1.61. The van der Waals surface area contributed by atoms with Crippen LogP contribution in [0.2, 0.25) is 0 Å². The fraction of sp³-hybridized carbons (Fsp3) is 0.227. The maximum atomic E-state index is 12.5. The second-order valence-electron chi connectivity index (χ2n) is 6.62. The van der Waals surface area contributed by atoms with E-state index < -0.39 is 0 Å². The lowest BCUT2D eigenvalue weighted by molar-refractivity contribution is 0.102. The highest BCUT2D eigenvalue weighted by atomic mass is 16.5. The Hall–Kier alpha value is -3.45. The molecule has 0 aliphatic carbocycles. The van der Waals surface area contributed by atoms with E-state index in [-0.39, 0.29) is 5.91 Å². The Morgan fingerprint density at radius 1 is 1.03 bits per heavy atom. The number of nitrogens with zero attached hydrogens (tertiary/aromatic N) is 3. The van der Waals surface area contributed by atoms with Crippen LogP contribution in [-0.4, -0.2) is 49.3 Å².